The number of benzene rings is 1. The van der Waals surface area contributed by atoms with Gasteiger partial charge in [0.05, 0.1) is 31.1 Å². The lowest BCUT2D eigenvalue weighted by Crippen LogP contribution is -2.54. The number of hydrogen-bond acceptors (Lipinski definition) is 6. The molecule has 1 amide bonds. The lowest BCUT2D eigenvalue weighted by Gasteiger charge is -2.41. The van der Waals surface area contributed by atoms with Gasteiger partial charge in [0, 0.05) is 37.7 Å². The topological polar surface area (TPSA) is 67.8 Å². The van der Waals surface area contributed by atoms with Crippen LogP contribution in [-0.4, -0.2) is 53.6 Å². The van der Waals surface area contributed by atoms with Crippen molar-refractivity contribution in [1.82, 2.24) is 14.9 Å². The van der Waals surface area contributed by atoms with E-state index in [2.05, 4.69) is 16.5 Å². The Balaban J connectivity index is 1.64. The Hall–Kier alpha value is -3.14. The van der Waals surface area contributed by atoms with Crippen LogP contribution in [0.25, 0.3) is 0 Å². The van der Waals surface area contributed by atoms with E-state index in [4.69, 9.17) is 9.47 Å². The smallest absolute Gasteiger partial charge is 0.416 e. The summed E-state index contributed by atoms with van der Waals surface area (Å²) in [5, 5.41) is 0. The van der Waals surface area contributed by atoms with Crippen LogP contribution >= 0.6 is 0 Å². The summed E-state index contributed by atoms with van der Waals surface area (Å²) >= 11 is 0. The van der Waals surface area contributed by atoms with Gasteiger partial charge in [-0.15, -0.1) is 0 Å². The fraction of sp³-hybridized carbons (Fsp3) is 0.435. The first kappa shape index (κ1) is 23.0. The Bertz CT molecular complexity index is 1060. The first-order chi connectivity index (χ1) is 15.7. The maximum Gasteiger partial charge on any atom is 0.416 e. The third kappa shape index (κ3) is 4.52. The minimum absolute atomic E-state index is 0.0724. The predicted molar refractivity (Wildman–Crippen MR) is 115 cm³/mol. The van der Waals surface area contributed by atoms with Crippen molar-refractivity contribution in [2.75, 3.05) is 31.6 Å². The number of hydrogen-bond donors (Lipinski definition) is 0. The lowest BCUT2D eigenvalue weighted by atomic mass is 9.95. The summed E-state index contributed by atoms with van der Waals surface area (Å²) in [5.41, 5.74) is 0.700. The van der Waals surface area contributed by atoms with Gasteiger partial charge in [-0.25, -0.2) is 0 Å². The zero-order valence-corrected chi connectivity index (χ0v) is 18.4. The molecule has 1 aromatic heterocycles. The molecule has 0 N–H and O–H groups in total. The molecule has 0 spiro atoms. The molecule has 4 rings (SSSR count). The van der Waals surface area contributed by atoms with Crippen molar-refractivity contribution in [2.24, 2.45) is 0 Å². The van der Waals surface area contributed by atoms with E-state index < -0.39 is 17.8 Å². The van der Waals surface area contributed by atoms with Crippen LogP contribution in [0, 0.1) is 0 Å². The molecule has 33 heavy (non-hydrogen) atoms. The molecule has 0 aliphatic carbocycles. The summed E-state index contributed by atoms with van der Waals surface area (Å²) in [6.07, 6.45) is -3.80. The van der Waals surface area contributed by atoms with E-state index in [9.17, 15) is 18.0 Å². The van der Waals surface area contributed by atoms with E-state index in [-0.39, 0.29) is 36.6 Å². The molecule has 2 atom stereocenters. The van der Waals surface area contributed by atoms with Gasteiger partial charge in [-0.05, 0) is 24.6 Å². The molecule has 0 radical (unpaired) electrons. The van der Waals surface area contributed by atoms with Gasteiger partial charge in [0.2, 0.25) is 5.91 Å². The first-order valence-corrected chi connectivity index (χ1v) is 10.6. The van der Waals surface area contributed by atoms with Gasteiger partial charge in [0.25, 0.3) is 0 Å². The number of aromatic nitrogens is 2. The van der Waals surface area contributed by atoms with Crippen molar-refractivity contribution in [2.45, 2.75) is 38.3 Å². The minimum Gasteiger partial charge on any atom is -0.467 e. The van der Waals surface area contributed by atoms with Crippen molar-refractivity contribution in [3.8, 4) is 6.01 Å². The molecule has 1 fully saturated rings. The summed E-state index contributed by atoms with van der Waals surface area (Å²) in [7, 11) is 1.45. The molecule has 0 saturated carbocycles. The number of ether oxygens (including phenoxy) is 2. The van der Waals surface area contributed by atoms with Gasteiger partial charge in [-0.2, -0.15) is 23.1 Å². The van der Waals surface area contributed by atoms with E-state index in [1.54, 1.807) is 11.0 Å². The highest BCUT2D eigenvalue weighted by Gasteiger charge is 2.38. The van der Waals surface area contributed by atoms with E-state index in [0.717, 1.165) is 11.6 Å². The monoisotopic (exact) mass is 462 g/mol. The van der Waals surface area contributed by atoms with Crippen molar-refractivity contribution in [3.05, 3.63) is 59.3 Å². The number of nitrogens with zero attached hydrogens (tertiary/aromatic N) is 4. The Morgan fingerprint density at radius 1 is 1.27 bits per heavy atom. The zero-order valence-electron chi connectivity index (χ0n) is 18.4. The van der Waals surface area contributed by atoms with Crippen LogP contribution in [0.4, 0.5) is 19.0 Å². The van der Waals surface area contributed by atoms with Crippen LogP contribution in [0.2, 0.25) is 0 Å². The average molecular weight is 462 g/mol. The Morgan fingerprint density at radius 3 is 2.70 bits per heavy atom. The van der Waals surface area contributed by atoms with Crippen LogP contribution in [0.5, 0.6) is 6.01 Å². The molecule has 2 aliphatic heterocycles. The number of fused-ring (bicyclic) bond motifs is 1. The molecule has 1 aromatic carbocycles. The molecule has 0 bridgehead atoms. The van der Waals surface area contributed by atoms with Gasteiger partial charge in [-0.1, -0.05) is 24.8 Å². The number of alkyl halides is 3. The zero-order chi connectivity index (χ0) is 23.8. The third-order valence-corrected chi connectivity index (χ3v) is 6.04. The second-order valence-electron chi connectivity index (χ2n) is 8.08. The van der Waals surface area contributed by atoms with Gasteiger partial charge in [0.15, 0.2) is 0 Å². The van der Waals surface area contributed by atoms with Crippen molar-refractivity contribution >= 4 is 11.7 Å². The van der Waals surface area contributed by atoms with Crippen LogP contribution in [0.1, 0.15) is 35.4 Å². The number of halogens is 3. The molecule has 1 unspecified atom stereocenters. The quantitative estimate of drug-likeness (QED) is 0.648. The Morgan fingerprint density at radius 2 is 2.03 bits per heavy atom. The molecular weight excluding hydrogens is 437 g/mol. The molecule has 10 heteroatoms. The molecule has 7 nitrogen and oxygen atoms in total. The van der Waals surface area contributed by atoms with Crippen LogP contribution < -0.4 is 9.64 Å². The summed E-state index contributed by atoms with van der Waals surface area (Å²) in [6, 6.07) is 5.51. The summed E-state index contributed by atoms with van der Waals surface area (Å²) < 4.78 is 51.8. The van der Waals surface area contributed by atoms with Gasteiger partial charge < -0.3 is 19.3 Å². The van der Waals surface area contributed by atoms with Gasteiger partial charge in [0.1, 0.15) is 5.82 Å². The number of amides is 1. The number of anilines is 1. The molecule has 1 saturated heterocycles. The van der Waals surface area contributed by atoms with E-state index in [1.807, 2.05) is 11.8 Å². The molecule has 3 heterocycles. The number of rotatable bonds is 4. The molecule has 176 valence electrons. The maximum atomic E-state index is 13.5. The SMILES string of the molecule is C=CC(=O)N1CCN(c2nc(OC)nc3c2COC(c2ccccc2C(F)(F)F)C3)C[C@@H]1C. The number of carbonyl (C=O) groups is 1. The highest BCUT2D eigenvalue weighted by molar-refractivity contribution is 5.87. The fourth-order valence-corrected chi connectivity index (χ4v) is 4.41. The summed E-state index contributed by atoms with van der Waals surface area (Å²) in [4.78, 5) is 24.8. The number of methoxy groups -OCH3 is 1. The molecular formula is C23H25F3N4O3. The second-order valence-corrected chi connectivity index (χ2v) is 8.08. The average Bonchev–Trinajstić information content (AvgIpc) is 2.81. The van der Waals surface area contributed by atoms with E-state index in [0.29, 0.717) is 31.1 Å². The van der Waals surface area contributed by atoms with Crippen molar-refractivity contribution in [1.29, 1.82) is 0 Å². The summed E-state index contributed by atoms with van der Waals surface area (Å²) in [6.45, 7) is 7.14. The minimum atomic E-state index is -4.48. The Kier molecular flexibility index (Phi) is 6.29. The lowest BCUT2D eigenvalue weighted by molar-refractivity contribution is -0.139. The highest BCUT2D eigenvalue weighted by Crippen LogP contribution is 2.40. The van der Waals surface area contributed by atoms with E-state index >= 15 is 0 Å². The number of piperazine rings is 1. The normalized spacial score (nSPS) is 20.9. The number of carbonyl (C=O) groups excluding carboxylic acids is 1. The predicted octanol–water partition coefficient (Wildman–Crippen LogP) is 3.54. The van der Waals surface area contributed by atoms with Gasteiger partial charge >= 0.3 is 12.2 Å². The second kappa shape index (κ2) is 9.01. The molecule has 2 aromatic rings. The van der Waals surface area contributed by atoms with Crippen LogP contribution in [0.15, 0.2) is 36.9 Å². The van der Waals surface area contributed by atoms with Crippen molar-refractivity contribution in [3.63, 3.8) is 0 Å². The fourth-order valence-electron chi connectivity index (χ4n) is 4.41. The largest absolute Gasteiger partial charge is 0.467 e. The van der Waals surface area contributed by atoms with Crippen molar-refractivity contribution < 1.29 is 27.4 Å². The highest BCUT2D eigenvalue weighted by atomic mass is 19.4. The first-order valence-electron chi connectivity index (χ1n) is 10.6. The standard InChI is InChI=1S/C23H25F3N4O3/c1-4-20(31)30-10-9-29(12-14(30)2)21-16-13-33-19(11-18(16)27-22(28-21)32-3)15-7-5-6-8-17(15)23(24,25)26/h4-8,14,19H,1,9-13H2,2-3H3/t14-,19?/m0/s1. The van der Waals surface area contributed by atoms with Crippen LogP contribution in [-0.2, 0) is 28.7 Å². The van der Waals surface area contributed by atoms with Gasteiger partial charge in [-0.3, -0.25) is 4.79 Å². The summed E-state index contributed by atoms with van der Waals surface area (Å²) in [5.74, 6) is 0.496. The Labute approximate surface area is 189 Å². The van der Waals surface area contributed by atoms with Crippen LogP contribution in [0.3, 0.4) is 0 Å². The maximum absolute atomic E-state index is 13.5. The third-order valence-electron chi connectivity index (χ3n) is 6.04. The van der Waals surface area contributed by atoms with E-state index in [1.165, 1.54) is 25.3 Å². The molecule has 2 aliphatic rings.